The van der Waals surface area contributed by atoms with E-state index in [1.807, 2.05) is 0 Å². The molecule has 2 atom stereocenters. The predicted octanol–water partition coefficient (Wildman–Crippen LogP) is 3.28. The van der Waals surface area contributed by atoms with Crippen LogP contribution in [0.4, 0.5) is 0 Å². The second kappa shape index (κ2) is 8.12. The zero-order valence-electron chi connectivity index (χ0n) is 10.1. The van der Waals surface area contributed by atoms with Gasteiger partial charge in [-0.2, -0.15) is 0 Å². The summed E-state index contributed by atoms with van der Waals surface area (Å²) in [5.74, 6) is 0. The Labute approximate surface area is 94.0 Å². The molecule has 15 heavy (non-hydrogen) atoms. The molecule has 1 heterocycles. The molecule has 0 aliphatic carbocycles. The molecule has 1 N–H and O–H groups in total. The highest BCUT2D eigenvalue weighted by Gasteiger charge is 2.21. The highest BCUT2D eigenvalue weighted by Crippen LogP contribution is 2.19. The number of unbranched alkanes of at least 4 members (excludes halogenated alkanes) is 4. The van der Waals surface area contributed by atoms with E-state index in [9.17, 15) is 5.11 Å². The summed E-state index contributed by atoms with van der Waals surface area (Å²) in [6.45, 7) is 3.07. The van der Waals surface area contributed by atoms with Gasteiger partial charge in [0.05, 0.1) is 12.2 Å². The fraction of sp³-hybridized carbons (Fsp3) is 1.00. The summed E-state index contributed by atoms with van der Waals surface area (Å²) in [7, 11) is 0. The smallest absolute Gasteiger partial charge is 0.0833 e. The second-order valence-electron chi connectivity index (χ2n) is 4.68. The lowest BCUT2D eigenvalue weighted by atomic mass is 9.99. The summed E-state index contributed by atoms with van der Waals surface area (Å²) in [6, 6.07) is 0. The van der Waals surface area contributed by atoms with Gasteiger partial charge in [0.25, 0.3) is 0 Å². The second-order valence-corrected chi connectivity index (χ2v) is 4.68. The molecular formula is C13H26O2. The third-order valence-corrected chi connectivity index (χ3v) is 3.25. The van der Waals surface area contributed by atoms with Gasteiger partial charge in [-0.1, -0.05) is 39.0 Å². The van der Waals surface area contributed by atoms with Crippen molar-refractivity contribution < 1.29 is 9.84 Å². The van der Waals surface area contributed by atoms with Crippen molar-refractivity contribution >= 4 is 0 Å². The molecule has 0 amide bonds. The third-order valence-electron chi connectivity index (χ3n) is 3.25. The Balaban J connectivity index is 1.99. The van der Waals surface area contributed by atoms with Gasteiger partial charge in [-0.25, -0.2) is 0 Å². The SMILES string of the molecule is CCCCCCCC(O)C1CCCCO1. The van der Waals surface area contributed by atoms with Crippen LogP contribution in [0.3, 0.4) is 0 Å². The van der Waals surface area contributed by atoms with Crippen LogP contribution in [0.15, 0.2) is 0 Å². The minimum absolute atomic E-state index is 0.130. The van der Waals surface area contributed by atoms with E-state index in [-0.39, 0.29) is 12.2 Å². The Morgan fingerprint density at radius 3 is 2.67 bits per heavy atom. The maximum absolute atomic E-state index is 9.91. The van der Waals surface area contributed by atoms with Gasteiger partial charge in [-0.15, -0.1) is 0 Å². The lowest BCUT2D eigenvalue weighted by Gasteiger charge is -2.27. The molecule has 0 aromatic carbocycles. The maximum Gasteiger partial charge on any atom is 0.0833 e. The van der Waals surface area contributed by atoms with E-state index >= 15 is 0 Å². The first-order chi connectivity index (χ1) is 7.34. The summed E-state index contributed by atoms with van der Waals surface area (Å²) < 4.78 is 5.57. The summed E-state index contributed by atoms with van der Waals surface area (Å²) in [5.41, 5.74) is 0. The summed E-state index contributed by atoms with van der Waals surface area (Å²) >= 11 is 0. The summed E-state index contributed by atoms with van der Waals surface area (Å²) in [4.78, 5) is 0. The van der Waals surface area contributed by atoms with Gasteiger partial charge < -0.3 is 9.84 Å². The maximum atomic E-state index is 9.91. The first-order valence-electron chi connectivity index (χ1n) is 6.64. The molecule has 90 valence electrons. The number of rotatable bonds is 7. The van der Waals surface area contributed by atoms with Crippen molar-refractivity contribution in [1.82, 2.24) is 0 Å². The minimum atomic E-state index is -0.216. The van der Waals surface area contributed by atoms with E-state index in [2.05, 4.69) is 6.92 Å². The Morgan fingerprint density at radius 2 is 2.00 bits per heavy atom. The molecule has 1 saturated heterocycles. The molecule has 1 aliphatic heterocycles. The van der Waals surface area contributed by atoms with Crippen LogP contribution in [0.1, 0.15) is 64.7 Å². The van der Waals surface area contributed by atoms with E-state index in [0.29, 0.717) is 0 Å². The van der Waals surface area contributed by atoms with E-state index in [0.717, 1.165) is 25.9 Å². The van der Waals surface area contributed by atoms with Crippen molar-refractivity contribution in [1.29, 1.82) is 0 Å². The first-order valence-corrected chi connectivity index (χ1v) is 6.64. The van der Waals surface area contributed by atoms with Crippen LogP contribution >= 0.6 is 0 Å². The zero-order valence-corrected chi connectivity index (χ0v) is 10.1. The molecule has 0 spiro atoms. The molecule has 1 fully saturated rings. The van der Waals surface area contributed by atoms with Crippen molar-refractivity contribution in [2.75, 3.05) is 6.61 Å². The molecular weight excluding hydrogens is 188 g/mol. The lowest BCUT2D eigenvalue weighted by Crippen LogP contribution is -2.32. The molecule has 0 radical (unpaired) electrons. The topological polar surface area (TPSA) is 29.5 Å². The molecule has 1 aliphatic rings. The molecule has 0 bridgehead atoms. The summed E-state index contributed by atoms with van der Waals surface area (Å²) in [6.07, 6.45) is 10.6. The van der Waals surface area contributed by atoms with Gasteiger partial charge in [-0.3, -0.25) is 0 Å². The van der Waals surface area contributed by atoms with Crippen molar-refractivity contribution in [3.05, 3.63) is 0 Å². The largest absolute Gasteiger partial charge is 0.390 e. The number of aliphatic hydroxyl groups is 1. The van der Waals surface area contributed by atoms with Crippen LogP contribution in [-0.2, 0) is 4.74 Å². The number of aliphatic hydroxyl groups excluding tert-OH is 1. The minimum Gasteiger partial charge on any atom is -0.390 e. The summed E-state index contributed by atoms with van der Waals surface area (Å²) in [5, 5.41) is 9.91. The number of hydrogen-bond acceptors (Lipinski definition) is 2. The molecule has 2 unspecified atom stereocenters. The van der Waals surface area contributed by atoms with Crippen LogP contribution in [0, 0.1) is 0 Å². The fourth-order valence-electron chi connectivity index (χ4n) is 2.21. The van der Waals surface area contributed by atoms with Crippen LogP contribution < -0.4 is 0 Å². The third kappa shape index (κ3) is 5.53. The fourth-order valence-corrected chi connectivity index (χ4v) is 2.21. The van der Waals surface area contributed by atoms with Gasteiger partial charge >= 0.3 is 0 Å². The Bertz CT molecular complexity index is 141. The highest BCUT2D eigenvalue weighted by molar-refractivity contribution is 4.72. The molecule has 2 heteroatoms. The van der Waals surface area contributed by atoms with Gasteiger partial charge in [0.15, 0.2) is 0 Å². The Kier molecular flexibility index (Phi) is 7.03. The van der Waals surface area contributed by atoms with Crippen molar-refractivity contribution in [3.63, 3.8) is 0 Å². The normalized spacial score (nSPS) is 24.0. The molecule has 2 nitrogen and oxygen atoms in total. The monoisotopic (exact) mass is 214 g/mol. The van der Waals surface area contributed by atoms with E-state index in [1.165, 1.54) is 38.5 Å². The van der Waals surface area contributed by atoms with Crippen LogP contribution in [0.5, 0.6) is 0 Å². The van der Waals surface area contributed by atoms with E-state index < -0.39 is 0 Å². The standard InChI is InChI=1S/C13H26O2/c1-2-3-4-5-6-9-12(14)13-10-7-8-11-15-13/h12-14H,2-11H2,1H3. The van der Waals surface area contributed by atoms with Crippen LogP contribution in [0.25, 0.3) is 0 Å². The average molecular weight is 214 g/mol. The van der Waals surface area contributed by atoms with Crippen molar-refractivity contribution in [2.24, 2.45) is 0 Å². The first kappa shape index (κ1) is 13.0. The molecule has 0 aromatic rings. The zero-order chi connectivity index (χ0) is 10.9. The van der Waals surface area contributed by atoms with Gasteiger partial charge in [-0.05, 0) is 25.7 Å². The van der Waals surface area contributed by atoms with Gasteiger partial charge in [0.2, 0.25) is 0 Å². The van der Waals surface area contributed by atoms with E-state index in [4.69, 9.17) is 4.74 Å². The lowest BCUT2D eigenvalue weighted by molar-refractivity contribution is -0.0648. The van der Waals surface area contributed by atoms with Crippen molar-refractivity contribution in [3.8, 4) is 0 Å². The van der Waals surface area contributed by atoms with Gasteiger partial charge in [0, 0.05) is 6.61 Å². The number of ether oxygens (including phenoxy) is 1. The molecule has 0 aromatic heterocycles. The van der Waals surface area contributed by atoms with Crippen molar-refractivity contribution in [2.45, 2.75) is 76.9 Å². The quantitative estimate of drug-likeness (QED) is 0.659. The highest BCUT2D eigenvalue weighted by atomic mass is 16.5. The average Bonchev–Trinajstić information content (AvgIpc) is 2.30. The van der Waals surface area contributed by atoms with Crippen LogP contribution in [-0.4, -0.2) is 23.9 Å². The van der Waals surface area contributed by atoms with E-state index in [1.54, 1.807) is 0 Å². The van der Waals surface area contributed by atoms with Gasteiger partial charge in [0.1, 0.15) is 0 Å². The Morgan fingerprint density at radius 1 is 1.20 bits per heavy atom. The number of hydrogen-bond donors (Lipinski definition) is 1. The predicted molar refractivity (Wildman–Crippen MR) is 63.0 cm³/mol. The van der Waals surface area contributed by atoms with Crippen LogP contribution in [0.2, 0.25) is 0 Å². The Hall–Kier alpha value is -0.0800. The molecule has 0 saturated carbocycles. The molecule has 1 rings (SSSR count).